The molecule has 4 nitrogen and oxygen atoms in total. The Morgan fingerprint density at radius 1 is 1.24 bits per heavy atom. The highest BCUT2D eigenvalue weighted by molar-refractivity contribution is 9.11. The summed E-state index contributed by atoms with van der Waals surface area (Å²) in [5.41, 5.74) is 2.58. The molecule has 1 heterocycles. The van der Waals surface area contributed by atoms with Gasteiger partial charge >= 0.3 is 0 Å². The van der Waals surface area contributed by atoms with E-state index in [0.29, 0.717) is 9.90 Å². The molecule has 2 aromatic rings. The molecule has 1 unspecified atom stereocenters. The van der Waals surface area contributed by atoms with E-state index in [1.165, 1.54) is 11.3 Å². The molecule has 1 atom stereocenters. The van der Waals surface area contributed by atoms with Gasteiger partial charge < -0.3 is 5.32 Å². The lowest BCUT2D eigenvalue weighted by Gasteiger charge is -2.12. The van der Waals surface area contributed by atoms with Gasteiger partial charge in [-0.1, -0.05) is 12.1 Å². The first-order chi connectivity index (χ1) is 9.83. The van der Waals surface area contributed by atoms with Gasteiger partial charge in [-0.05, 0) is 66.2 Å². The molecule has 2 N–H and O–H groups in total. The summed E-state index contributed by atoms with van der Waals surface area (Å²) in [5.74, 6) is 0. The molecule has 0 spiro atoms. The van der Waals surface area contributed by atoms with Crippen LogP contribution in [-0.4, -0.2) is 15.5 Å². The van der Waals surface area contributed by atoms with Crippen molar-refractivity contribution in [1.29, 1.82) is 0 Å². The Hall–Kier alpha value is -0.890. The number of hydrogen-bond acceptors (Lipinski definition) is 4. The van der Waals surface area contributed by atoms with E-state index in [1.807, 2.05) is 33.0 Å². The predicted molar refractivity (Wildman–Crippen MR) is 91.5 cm³/mol. The van der Waals surface area contributed by atoms with Crippen LogP contribution in [0.4, 0.5) is 5.69 Å². The van der Waals surface area contributed by atoms with E-state index in [1.54, 1.807) is 18.2 Å². The van der Waals surface area contributed by atoms with Gasteiger partial charge in [0.1, 0.15) is 4.21 Å². The zero-order valence-electron chi connectivity index (χ0n) is 12.0. The van der Waals surface area contributed by atoms with Crippen molar-refractivity contribution in [2.75, 3.05) is 11.8 Å². The number of nitrogens with one attached hydrogen (secondary N) is 2. The summed E-state index contributed by atoms with van der Waals surface area (Å²) in [6, 6.07) is 9.26. The third-order valence-corrected chi connectivity index (χ3v) is 7.19. The molecule has 0 amide bonds. The zero-order valence-corrected chi connectivity index (χ0v) is 15.2. The van der Waals surface area contributed by atoms with Crippen molar-refractivity contribution in [2.45, 2.75) is 24.1 Å². The van der Waals surface area contributed by atoms with Crippen molar-refractivity contribution in [1.82, 2.24) is 5.32 Å². The second-order valence-electron chi connectivity index (χ2n) is 4.76. The Labute approximate surface area is 137 Å². The fourth-order valence-corrected chi connectivity index (χ4v) is 5.06. The van der Waals surface area contributed by atoms with Crippen LogP contribution in [0.2, 0.25) is 0 Å². The minimum Gasteiger partial charge on any atom is -0.313 e. The maximum absolute atomic E-state index is 12.3. The van der Waals surface area contributed by atoms with E-state index in [9.17, 15) is 8.42 Å². The van der Waals surface area contributed by atoms with Crippen molar-refractivity contribution in [2.24, 2.45) is 0 Å². The number of thiophene rings is 1. The number of rotatable bonds is 5. The monoisotopic (exact) mass is 388 g/mol. The van der Waals surface area contributed by atoms with Gasteiger partial charge in [0.15, 0.2) is 0 Å². The summed E-state index contributed by atoms with van der Waals surface area (Å²) in [5, 5.41) is 3.14. The molecule has 0 radical (unpaired) electrons. The standard InChI is InChI=1S/C14H17BrN2O2S2/c1-9-8-13(20-14(9)15)21(18,19)17-12-6-4-11(5-7-12)10(2)16-3/h4-8,10,16-17H,1-3H3. The van der Waals surface area contributed by atoms with Gasteiger partial charge in [0.05, 0.1) is 3.79 Å². The Kier molecular flexibility index (Phi) is 5.08. The van der Waals surface area contributed by atoms with Crippen LogP contribution in [0.1, 0.15) is 24.1 Å². The second-order valence-corrected chi connectivity index (χ2v) is 9.04. The number of aryl methyl sites for hydroxylation is 1. The highest BCUT2D eigenvalue weighted by Gasteiger charge is 2.18. The van der Waals surface area contributed by atoms with Crippen LogP contribution in [0.25, 0.3) is 0 Å². The molecule has 21 heavy (non-hydrogen) atoms. The van der Waals surface area contributed by atoms with E-state index < -0.39 is 10.0 Å². The summed E-state index contributed by atoms with van der Waals surface area (Å²) in [6.07, 6.45) is 0. The molecule has 0 saturated heterocycles. The number of benzene rings is 1. The van der Waals surface area contributed by atoms with Crippen LogP contribution in [0, 0.1) is 6.92 Å². The van der Waals surface area contributed by atoms with Gasteiger partial charge in [-0.2, -0.15) is 0 Å². The smallest absolute Gasteiger partial charge is 0.271 e. The summed E-state index contributed by atoms with van der Waals surface area (Å²) in [6.45, 7) is 3.92. The fraction of sp³-hybridized carbons (Fsp3) is 0.286. The molecule has 0 aliphatic heterocycles. The lowest BCUT2D eigenvalue weighted by atomic mass is 10.1. The van der Waals surface area contributed by atoms with Gasteiger partial charge in [0.25, 0.3) is 10.0 Å². The van der Waals surface area contributed by atoms with Gasteiger partial charge in [0.2, 0.25) is 0 Å². The van der Waals surface area contributed by atoms with E-state index >= 15 is 0 Å². The quantitative estimate of drug-likeness (QED) is 0.816. The topological polar surface area (TPSA) is 58.2 Å². The largest absolute Gasteiger partial charge is 0.313 e. The molecule has 0 bridgehead atoms. The Balaban J connectivity index is 2.20. The average Bonchev–Trinajstić information content (AvgIpc) is 2.79. The molecule has 1 aromatic carbocycles. The summed E-state index contributed by atoms with van der Waals surface area (Å²) in [4.78, 5) is 0. The first kappa shape index (κ1) is 16.5. The van der Waals surface area contributed by atoms with Crippen LogP contribution in [0.5, 0.6) is 0 Å². The normalized spacial score (nSPS) is 13.1. The van der Waals surface area contributed by atoms with E-state index in [2.05, 4.69) is 26.0 Å². The van der Waals surface area contributed by atoms with Crippen LogP contribution < -0.4 is 10.0 Å². The first-order valence-corrected chi connectivity index (χ1v) is 9.48. The lowest BCUT2D eigenvalue weighted by Crippen LogP contribution is -2.13. The minimum atomic E-state index is -3.53. The van der Waals surface area contributed by atoms with Crippen LogP contribution >= 0.6 is 27.3 Å². The van der Waals surface area contributed by atoms with Crippen LogP contribution in [-0.2, 0) is 10.0 Å². The summed E-state index contributed by atoms with van der Waals surface area (Å²) in [7, 11) is -1.64. The molecule has 0 fully saturated rings. The van der Waals surface area contributed by atoms with Crippen LogP contribution in [0.15, 0.2) is 38.3 Å². The SMILES string of the molecule is CNC(C)c1ccc(NS(=O)(=O)c2cc(C)c(Br)s2)cc1. The molecule has 2 rings (SSSR count). The highest BCUT2D eigenvalue weighted by atomic mass is 79.9. The van der Waals surface area contributed by atoms with Crippen molar-refractivity contribution < 1.29 is 8.42 Å². The van der Waals surface area contributed by atoms with Crippen molar-refractivity contribution in [3.8, 4) is 0 Å². The predicted octanol–water partition coefficient (Wildman–Crippen LogP) is 3.90. The molecule has 0 aliphatic carbocycles. The number of hydrogen-bond donors (Lipinski definition) is 2. The highest BCUT2D eigenvalue weighted by Crippen LogP contribution is 2.31. The second kappa shape index (κ2) is 6.48. The van der Waals surface area contributed by atoms with Gasteiger partial charge in [-0.3, -0.25) is 4.72 Å². The van der Waals surface area contributed by atoms with E-state index in [4.69, 9.17) is 0 Å². The van der Waals surface area contributed by atoms with Crippen LogP contribution in [0.3, 0.4) is 0 Å². The van der Waals surface area contributed by atoms with Crippen molar-refractivity contribution in [3.05, 3.63) is 45.2 Å². The summed E-state index contributed by atoms with van der Waals surface area (Å²) >= 11 is 4.56. The van der Waals surface area contributed by atoms with Gasteiger partial charge in [0, 0.05) is 11.7 Å². The molecular weight excluding hydrogens is 372 g/mol. The first-order valence-electron chi connectivity index (χ1n) is 6.39. The zero-order chi connectivity index (χ0) is 15.6. The third-order valence-electron chi connectivity index (χ3n) is 3.20. The average molecular weight is 389 g/mol. The van der Waals surface area contributed by atoms with E-state index in [0.717, 1.165) is 14.9 Å². The summed E-state index contributed by atoms with van der Waals surface area (Å²) < 4.78 is 28.4. The van der Waals surface area contributed by atoms with Gasteiger partial charge in [-0.25, -0.2) is 8.42 Å². The Bertz CT molecular complexity index is 704. The minimum absolute atomic E-state index is 0.228. The van der Waals surface area contributed by atoms with Crippen molar-refractivity contribution >= 4 is 43.0 Å². The van der Waals surface area contributed by atoms with Crippen molar-refractivity contribution in [3.63, 3.8) is 0 Å². The fourth-order valence-electron chi connectivity index (χ4n) is 1.78. The number of anilines is 1. The molecule has 1 aromatic heterocycles. The van der Waals surface area contributed by atoms with E-state index in [-0.39, 0.29) is 6.04 Å². The number of halogens is 1. The third kappa shape index (κ3) is 3.85. The maximum Gasteiger partial charge on any atom is 0.271 e. The molecule has 114 valence electrons. The molecule has 0 saturated carbocycles. The Morgan fingerprint density at radius 3 is 2.33 bits per heavy atom. The van der Waals surface area contributed by atoms with Gasteiger partial charge in [-0.15, -0.1) is 11.3 Å². The molecule has 7 heteroatoms. The maximum atomic E-state index is 12.3. The molecule has 0 aliphatic rings. The molecular formula is C14H17BrN2O2S2. The number of sulfonamides is 1. The Morgan fingerprint density at radius 2 is 1.86 bits per heavy atom. The lowest BCUT2D eigenvalue weighted by molar-refractivity contribution is 0.603.